The van der Waals surface area contributed by atoms with Crippen LogP contribution in [0.3, 0.4) is 0 Å². The Morgan fingerprint density at radius 1 is 0.522 bits per heavy atom. The summed E-state index contributed by atoms with van der Waals surface area (Å²) in [5.41, 5.74) is 0. The van der Waals surface area contributed by atoms with Crippen LogP contribution in [0, 0.1) is 0 Å². The van der Waals surface area contributed by atoms with Crippen molar-refractivity contribution in [3.8, 4) is 0 Å². The Balaban J connectivity index is 3.00. The van der Waals surface area contributed by atoms with Gasteiger partial charge in [0.1, 0.15) is 0 Å². The average Bonchev–Trinajstić information content (AvgIpc) is 2.49. The lowest BCUT2D eigenvalue weighted by Crippen LogP contribution is -2.27. The smallest absolute Gasteiger partial charge is 0.183 e. The van der Waals surface area contributed by atoms with Crippen LogP contribution in [0.5, 0.6) is 0 Å². The zero-order valence-electron chi connectivity index (χ0n) is 16.3. The van der Waals surface area contributed by atoms with Crippen molar-refractivity contribution in [1.82, 2.24) is 0 Å². The van der Waals surface area contributed by atoms with Crippen molar-refractivity contribution in [3.05, 3.63) is 0 Å². The summed E-state index contributed by atoms with van der Waals surface area (Å²) in [4.78, 5) is 0. The number of rotatable bonds is 18. The molecule has 4 heteroatoms. The van der Waals surface area contributed by atoms with Gasteiger partial charge >= 0.3 is 0 Å². The van der Waals surface area contributed by atoms with Gasteiger partial charge in [0, 0.05) is 6.61 Å². The fraction of sp³-hybridized carbons (Fsp3) is 1.00. The molecule has 0 atom stereocenters. The quantitative estimate of drug-likeness (QED) is 0.232. The summed E-state index contributed by atoms with van der Waals surface area (Å²) in [7, 11) is -1.38. The fourth-order valence-corrected chi connectivity index (χ4v) is 3.12. The van der Waals surface area contributed by atoms with Crippen LogP contribution in [0.2, 0.25) is 19.6 Å². The number of ether oxygens (including phenoxy) is 2. The fourth-order valence-electron chi connectivity index (χ4n) is 2.42. The van der Waals surface area contributed by atoms with E-state index >= 15 is 0 Å². The second-order valence-corrected chi connectivity index (χ2v) is 11.9. The van der Waals surface area contributed by atoms with E-state index in [1.54, 1.807) is 0 Å². The van der Waals surface area contributed by atoms with E-state index in [1.807, 2.05) is 0 Å². The molecular weight excluding hydrogens is 304 g/mol. The van der Waals surface area contributed by atoms with E-state index in [1.165, 1.54) is 64.2 Å². The molecule has 0 N–H and O–H groups in total. The zero-order valence-corrected chi connectivity index (χ0v) is 17.3. The van der Waals surface area contributed by atoms with Crippen molar-refractivity contribution >= 4 is 8.32 Å². The lowest BCUT2D eigenvalue weighted by atomic mass is 10.1. The van der Waals surface area contributed by atoms with Gasteiger partial charge in [-0.15, -0.1) is 0 Å². The highest BCUT2D eigenvalue weighted by molar-refractivity contribution is 6.69. The molecule has 0 amide bonds. The number of hydrogen-bond acceptors (Lipinski definition) is 3. The summed E-state index contributed by atoms with van der Waals surface area (Å²) in [6, 6.07) is 0. The van der Waals surface area contributed by atoms with Crippen molar-refractivity contribution in [2.75, 3.05) is 33.0 Å². The van der Waals surface area contributed by atoms with Crippen LogP contribution in [0.1, 0.15) is 71.1 Å². The third-order valence-electron chi connectivity index (χ3n) is 3.78. The Morgan fingerprint density at radius 3 is 1.48 bits per heavy atom. The molecule has 0 aliphatic rings. The SMILES string of the molecule is CCCCCCCCCCCCOCCOCCO[Si](C)(C)C. The predicted octanol–water partition coefficient (Wildman–Crippen LogP) is 5.79. The molecule has 0 aromatic rings. The van der Waals surface area contributed by atoms with E-state index < -0.39 is 8.32 Å². The monoisotopic (exact) mass is 346 g/mol. The number of hydrogen-bond donors (Lipinski definition) is 0. The maximum atomic E-state index is 5.72. The Morgan fingerprint density at radius 2 is 0.957 bits per heavy atom. The van der Waals surface area contributed by atoms with Gasteiger partial charge in [0.05, 0.1) is 26.4 Å². The third-order valence-corrected chi connectivity index (χ3v) is 4.85. The number of unbranched alkanes of at least 4 members (excludes halogenated alkanes) is 9. The summed E-state index contributed by atoms with van der Waals surface area (Å²) in [5.74, 6) is 0. The molecule has 0 rings (SSSR count). The topological polar surface area (TPSA) is 27.7 Å². The van der Waals surface area contributed by atoms with Gasteiger partial charge in [0.15, 0.2) is 8.32 Å². The second kappa shape index (κ2) is 16.9. The summed E-state index contributed by atoms with van der Waals surface area (Å²) in [5, 5.41) is 0. The molecule has 0 radical (unpaired) electrons. The molecule has 0 aliphatic carbocycles. The zero-order chi connectivity index (χ0) is 17.2. The lowest BCUT2D eigenvalue weighted by Gasteiger charge is -2.16. The van der Waals surface area contributed by atoms with Crippen molar-refractivity contribution in [3.63, 3.8) is 0 Å². The molecule has 0 fully saturated rings. The van der Waals surface area contributed by atoms with Crippen LogP contribution in [0.15, 0.2) is 0 Å². The first kappa shape index (κ1) is 23.1. The standard InChI is InChI=1S/C19H42O3Si/c1-5-6-7-8-9-10-11-12-13-14-15-20-16-17-21-18-19-22-23(2,3)4/h5-19H2,1-4H3. The molecule has 0 saturated heterocycles. The largest absolute Gasteiger partial charge is 0.415 e. The minimum Gasteiger partial charge on any atom is -0.415 e. The van der Waals surface area contributed by atoms with Crippen LogP contribution in [-0.2, 0) is 13.9 Å². The van der Waals surface area contributed by atoms with Gasteiger partial charge in [-0.3, -0.25) is 0 Å². The molecule has 140 valence electrons. The molecular formula is C19H42O3Si. The van der Waals surface area contributed by atoms with E-state index in [9.17, 15) is 0 Å². The Hall–Kier alpha value is 0.0969. The molecule has 23 heavy (non-hydrogen) atoms. The van der Waals surface area contributed by atoms with E-state index in [0.717, 1.165) is 6.61 Å². The molecule has 0 heterocycles. The highest BCUT2D eigenvalue weighted by atomic mass is 28.4. The predicted molar refractivity (Wildman–Crippen MR) is 103 cm³/mol. The first-order valence-electron chi connectivity index (χ1n) is 9.85. The van der Waals surface area contributed by atoms with E-state index in [0.29, 0.717) is 26.4 Å². The van der Waals surface area contributed by atoms with Crippen LogP contribution < -0.4 is 0 Å². The second-order valence-electron chi connectivity index (χ2n) is 7.37. The molecule has 0 bridgehead atoms. The molecule has 0 saturated carbocycles. The summed E-state index contributed by atoms with van der Waals surface area (Å²) >= 11 is 0. The van der Waals surface area contributed by atoms with Crippen molar-refractivity contribution in [2.45, 2.75) is 90.8 Å². The Kier molecular flexibility index (Phi) is 17.0. The van der Waals surface area contributed by atoms with Crippen LogP contribution in [0.25, 0.3) is 0 Å². The highest BCUT2D eigenvalue weighted by Gasteiger charge is 2.12. The highest BCUT2D eigenvalue weighted by Crippen LogP contribution is 2.10. The first-order chi connectivity index (χ1) is 11.1. The molecule has 0 aromatic heterocycles. The lowest BCUT2D eigenvalue weighted by molar-refractivity contribution is 0.0343. The van der Waals surface area contributed by atoms with E-state index in [4.69, 9.17) is 13.9 Å². The third kappa shape index (κ3) is 22.1. The summed E-state index contributed by atoms with van der Waals surface area (Å²) in [6.07, 6.45) is 13.7. The molecule has 0 spiro atoms. The Bertz CT molecular complexity index is 229. The molecule has 0 aliphatic heterocycles. The van der Waals surface area contributed by atoms with Gasteiger partial charge in [0.25, 0.3) is 0 Å². The van der Waals surface area contributed by atoms with Crippen LogP contribution >= 0.6 is 0 Å². The Labute approximate surface area is 146 Å². The summed E-state index contributed by atoms with van der Waals surface area (Å²) < 4.78 is 16.8. The maximum absolute atomic E-state index is 5.72. The van der Waals surface area contributed by atoms with Gasteiger partial charge in [0.2, 0.25) is 0 Å². The average molecular weight is 347 g/mol. The van der Waals surface area contributed by atoms with Crippen molar-refractivity contribution in [2.24, 2.45) is 0 Å². The molecule has 0 aromatic carbocycles. The van der Waals surface area contributed by atoms with Gasteiger partial charge in [-0.2, -0.15) is 0 Å². The van der Waals surface area contributed by atoms with E-state index in [-0.39, 0.29) is 0 Å². The normalized spacial score (nSPS) is 12.0. The first-order valence-corrected chi connectivity index (χ1v) is 13.3. The summed E-state index contributed by atoms with van der Waals surface area (Å²) in [6.45, 7) is 12.5. The van der Waals surface area contributed by atoms with Gasteiger partial charge in [-0.1, -0.05) is 64.7 Å². The van der Waals surface area contributed by atoms with Crippen molar-refractivity contribution in [1.29, 1.82) is 0 Å². The molecule has 3 nitrogen and oxygen atoms in total. The van der Waals surface area contributed by atoms with Gasteiger partial charge < -0.3 is 13.9 Å². The van der Waals surface area contributed by atoms with Gasteiger partial charge in [-0.25, -0.2) is 0 Å². The van der Waals surface area contributed by atoms with E-state index in [2.05, 4.69) is 26.6 Å². The maximum Gasteiger partial charge on any atom is 0.183 e. The van der Waals surface area contributed by atoms with Crippen LogP contribution in [0.4, 0.5) is 0 Å². The van der Waals surface area contributed by atoms with Crippen LogP contribution in [-0.4, -0.2) is 41.4 Å². The van der Waals surface area contributed by atoms with Gasteiger partial charge in [-0.05, 0) is 26.1 Å². The minimum atomic E-state index is -1.38. The van der Waals surface area contributed by atoms with Crippen molar-refractivity contribution < 1.29 is 13.9 Å². The molecule has 0 unspecified atom stereocenters. The minimum absolute atomic E-state index is 0.686.